The molecule has 0 aliphatic rings. The number of aromatic amines is 1. The Bertz CT molecular complexity index is 606. The van der Waals surface area contributed by atoms with Gasteiger partial charge in [-0.05, 0) is 31.9 Å². The Balaban J connectivity index is 2.25. The molecular weight excluding hydrogens is 266 g/mol. The normalized spacial score (nSPS) is 10.9. The van der Waals surface area contributed by atoms with Crippen LogP contribution in [0.4, 0.5) is 5.69 Å². The van der Waals surface area contributed by atoms with E-state index in [1.165, 1.54) is 0 Å². The Morgan fingerprint density at radius 2 is 2.24 bits per heavy atom. The number of hydrogen-bond acceptors (Lipinski definition) is 4. The van der Waals surface area contributed by atoms with Crippen molar-refractivity contribution < 1.29 is 4.79 Å². The van der Waals surface area contributed by atoms with Crippen molar-refractivity contribution in [2.24, 2.45) is 0 Å². The Labute approximate surface area is 124 Å². The third-order valence-electron chi connectivity index (χ3n) is 3.40. The van der Waals surface area contributed by atoms with E-state index >= 15 is 0 Å². The van der Waals surface area contributed by atoms with E-state index in [1.54, 1.807) is 17.3 Å². The van der Waals surface area contributed by atoms with Crippen LogP contribution < -0.4 is 5.73 Å². The lowest BCUT2D eigenvalue weighted by molar-refractivity contribution is 0.0685. The van der Waals surface area contributed by atoms with Crippen molar-refractivity contribution in [3.05, 3.63) is 41.5 Å². The van der Waals surface area contributed by atoms with Crippen LogP contribution in [0.2, 0.25) is 0 Å². The molecule has 0 radical (unpaired) electrons. The van der Waals surface area contributed by atoms with E-state index in [4.69, 9.17) is 5.73 Å². The summed E-state index contributed by atoms with van der Waals surface area (Å²) in [4.78, 5) is 18.5. The Hall–Kier alpha value is -2.37. The molecule has 112 valence electrons. The summed E-state index contributed by atoms with van der Waals surface area (Å²) in [6, 6.07) is 3.84. The number of carbonyl (C=O) groups is 1. The molecule has 6 heteroatoms. The minimum absolute atomic E-state index is 0.0406. The van der Waals surface area contributed by atoms with Crippen LogP contribution in [0.3, 0.4) is 0 Å². The zero-order valence-corrected chi connectivity index (χ0v) is 12.6. The topological polar surface area (TPSA) is 87.9 Å². The third-order valence-corrected chi connectivity index (χ3v) is 3.40. The summed E-state index contributed by atoms with van der Waals surface area (Å²) in [5.41, 5.74) is 8.50. The van der Waals surface area contributed by atoms with Gasteiger partial charge in [0.25, 0.3) is 5.91 Å². The number of hydrogen-bond donors (Lipinski definition) is 2. The fourth-order valence-corrected chi connectivity index (χ4v) is 2.13. The second-order valence-electron chi connectivity index (χ2n) is 5.21. The van der Waals surface area contributed by atoms with Crippen LogP contribution in [-0.2, 0) is 13.0 Å². The molecule has 0 aliphatic heterocycles. The van der Waals surface area contributed by atoms with Gasteiger partial charge in [-0.2, -0.15) is 5.10 Å². The number of aryl methyl sites for hydroxylation is 1. The molecule has 2 aromatic heterocycles. The maximum absolute atomic E-state index is 12.7. The lowest BCUT2D eigenvalue weighted by Crippen LogP contribution is -2.37. The molecule has 0 aromatic carbocycles. The van der Waals surface area contributed by atoms with Crippen LogP contribution >= 0.6 is 0 Å². The molecule has 0 aliphatic carbocycles. The van der Waals surface area contributed by atoms with Crippen molar-refractivity contribution in [1.29, 1.82) is 0 Å². The van der Waals surface area contributed by atoms with Crippen molar-refractivity contribution in [2.75, 3.05) is 5.73 Å². The highest BCUT2D eigenvalue weighted by Gasteiger charge is 2.24. The Morgan fingerprint density at radius 3 is 2.76 bits per heavy atom. The molecule has 1 amide bonds. The quantitative estimate of drug-likeness (QED) is 0.880. The van der Waals surface area contributed by atoms with Gasteiger partial charge >= 0.3 is 0 Å². The molecule has 21 heavy (non-hydrogen) atoms. The fourth-order valence-electron chi connectivity index (χ4n) is 2.13. The van der Waals surface area contributed by atoms with Crippen LogP contribution in [0.25, 0.3) is 0 Å². The predicted octanol–water partition coefficient (Wildman–Crippen LogP) is 2.00. The molecule has 2 aromatic rings. The molecule has 0 bridgehead atoms. The zero-order chi connectivity index (χ0) is 15.4. The van der Waals surface area contributed by atoms with Gasteiger partial charge in [0.05, 0.1) is 11.4 Å². The highest BCUT2D eigenvalue weighted by atomic mass is 16.2. The smallest absolute Gasteiger partial charge is 0.277 e. The largest absolute Gasteiger partial charge is 0.395 e. The average molecular weight is 287 g/mol. The molecule has 0 fully saturated rings. The van der Waals surface area contributed by atoms with E-state index < -0.39 is 0 Å². The summed E-state index contributed by atoms with van der Waals surface area (Å²) in [7, 11) is 0. The number of nitrogens with one attached hydrogen (secondary N) is 1. The first-order chi connectivity index (χ1) is 10.0. The number of amides is 1. The first kappa shape index (κ1) is 15.0. The predicted molar refractivity (Wildman–Crippen MR) is 81.6 cm³/mol. The van der Waals surface area contributed by atoms with E-state index in [0.29, 0.717) is 17.9 Å². The summed E-state index contributed by atoms with van der Waals surface area (Å²) in [6.07, 6.45) is 4.19. The maximum Gasteiger partial charge on any atom is 0.277 e. The minimum atomic E-state index is -0.165. The van der Waals surface area contributed by atoms with E-state index in [-0.39, 0.29) is 11.9 Å². The first-order valence-corrected chi connectivity index (χ1v) is 7.07. The Morgan fingerprint density at radius 1 is 1.48 bits per heavy atom. The molecule has 0 spiro atoms. The number of rotatable bonds is 5. The average Bonchev–Trinajstić information content (AvgIpc) is 2.85. The van der Waals surface area contributed by atoms with Gasteiger partial charge in [0, 0.05) is 25.0 Å². The summed E-state index contributed by atoms with van der Waals surface area (Å²) in [6.45, 7) is 6.39. The second-order valence-corrected chi connectivity index (χ2v) is 5.21. The van der Waals surface area contributed by atoms with Gasteiger partial charge in [-0.15, -0.1) is 0 Å². The van der Waals surface area contributed by atoms with Crippen LogP contribution in [0.1, 0.15) is 42.5 Å². The van der Waals surface area contributed by atoms with Crippen molar-refractivity contribution in [3.8, 4) is 0 Å². The number of aromatic nitrogens is 3. The number of nitrogens with zero attached hydrogens (tertiary/aromatic N) is 3. The molecule has 0 atom stereocenters. The lowest BCUT2D eigenvalue weighted by atomic mass is 10.2. The summed E-state index contributed by atoms with van der Waals surface area (Å²) in [5, 5.41) is 6.90. The standard InChI is InChI=1S/C15H21N5O/c1-4-12-13(16)14(19-18-12)15(21)20(10(2)3)9-11-6-5-7-17-8-11/h5-8,10H,4,9,16H2,1-3H3,(H,18,19). The fraction of sp³-hybridized carbons (Fsp3) is 0.400. The van der Waals surface area contributed by atoms with Crippen molar-refractivity contribution in [2.45, 2.75) is 39.8 Å². The molecule has 0 saturated heterocycles. The van der Waals surface area contributed by atoms with Gasteiger partial charge in [-0.3, -0.25) is 14.9 Å². The van der Waals surface area contributed by atoms with Gasteiger partial charge in [-0.25, -0.2) is 0 Å². The molecule has 0 saturated carbocycles. The van der Waals surface area contributed by atoms with Gasteiger partial charge in [0.1, 0.15) is 0 Å². The van der Waals surface area contributed by atoms with Crippen LogP contribution in [-0.4, -0.2) is 32.0 Å². The van der Waals surface area contributed by atoms with Crippen molar-refractivity contribution in [1.82, 2.24) is 20.1 Å². The molecule has 2 rings (SSSR count). The van der Waals surface area contributed by atoms with Crippen LogP contribution in [0, 0.1) is 0 Å². The zero-order valence-electron chi connectivity index (χ0n) is 12.6. The highest BCUT2D eigenvalue weighted by molar-refractivity contribution is 5.97. The number of pyridine rings is 1. The highest BCUT2D eigenvalue weighted by Crippen LogP contribution is 2.19. The van der Waals surface area contributed by atoms with E-state index in [0.717, 1.165) is 17.7 Å². The molecule has 0 unspecified atom stereocenters. The van der Waals surface area contributed by atoms with Crippen LogP contribution in [0.15, 0.2) is 24.5 Å². The molecular formula is C15H21N5O. The van der Waals surface area contributed by atoms with E-state index in [9.17, 15) is 4.79 Å². The molecule has 3 N–H and O–H groups in total. The summed E-state index contributed by atoms with van der Waals surface area (Å²) >= 11 is 0. The monoisotopic (exact) mass is 287 g/mol. The summed E-state index contributed by atoms with van der Waals surface area (Å²) in [5.74, 6) is -0.165. The molecule has 2 heterocycles. The number of anilines is 1. The summed E-state index contributed by atoms with van der Waals surface area (Å²) < 4.78 is 0. The maximum atomic E-state index is 12.7. The first-order valence-electron chi connectivity index (χ1n) is 7.07. The number of nitrogens with two attached hydrogens (primary N) is 1. The third kappa shape index (κ3) is 3.21. The Kier molecular flexibility index (Phi) is 4.57. The lowest BCUT2D eigenvalue weighted by Gasteiger charge is -2.26. The van der Waals surface area contributed by atoms with Crippen LogP contribution in [0.5, 0.6) is 0 Å². The number of carbonyl (C=O) groups excluding carboxylic acids is 1. The van der Waals surface area contributed by atoms with E-state index in [1.807, 2.05) is 32.9 Å². The number of nitrogen functional groups attached to an aromatic ring is 1. The second kappa shape index (κ2) is 6.39. The van der Waals surface area contributed by atoms with Gasteiger partial charge in [0.15, 0.2) is 5.69 Å². The van der Waals surface area contributed by atoms with Gasteiger partial charge in [-0.1, -0.05) is 13.0 Å². The SMILES string of the molecule is CCc1[nH]nc(C(=O)N(Cc2cccnc2)C(C)C)c1N. The minimum Gasteiger partial charge on any atom is -0.395 e. The van der Waals surface area contributed by atoms with Gasteiger partial charge in [0.2, 0.25) is 0 Å². The van der Waals surface area contributed by atoms with E-state index in [2.05, 4.69) is 15.2 Å². The molecule has 6 nitrogen and oxygen atoms in total. The number of H-pyrrole nitrogens is 1. The van der Waals surface area contributed by atoms with Crippen molar-refractivity contribution >= 4 is 11.6 Å². The van der Waals surface area contributed by atoms with Gasteiger partial charge < -0.3 is 10.6 Å². The van der Waals surface area contributed by atoms with Crippen molar-refractivity contribution in [3.63, 3.8) is 0 Å².